The van der Waals surface area contributed by atoms with Crippen molar-refractivity contribution in [3.63, 3.8) is 0 Å². The molecule has 1 aromatic carbocycles. The molecule has 0 spiro atoms. The number of phenols is 1. The van der Waals surface area contributed by atoms with Gasteiger partial charge < -0.3 is 10.4 Å². The molecule has 1 heterocycles. The van der Waals surface area contributed by atoms with Crippen LogP contribution in [0.25, 0.3) is 0 Å². The number of hydrogen-bond acceptors (Lipinski definition) is 3. The van der Waals surface area contributed by atoms with Crippen LogP contribution in [0.5, 0.6) is 5.75 Å². The summed E-state index contributed by atoms with van der Waals surface area (Å²) in [7, 11) is 0. The van der Waals surface area contributed by atoms with Crippen molar-refractivity contribution in [3.8, 4) is 5.75 Å². The van der Waals surface area contributed by atoms with Crippen LogP contribution in [0, 0.1) is 12.7 Å². The highest BCUT2D eigenvalue weighted by molar-refractivity contribution is 5.42. The third-order valence-electron chi connectivity index (χ3n) is 3.70. The molecule has 1 aliphatic heterocycles. The minimum Gasteiger partial charge on any atom is -0.505 e. The summed E-state index contributed by atoms with van der Waals surface area (Å²) >= 11 is 0. The van der Waals surface area contributed by atoms with Crippen LogP contribution >= 0.6 is 0 Å². The highest BCUT2D eigenvalue weighted by atomic mass is 19.1. The van der Waals surface area contributed by atoms with E-state index >= 15 is 0 Å². The maximum Gasteiger partial charge on any atom is 0.165 e. The van der Waals surface area contributed by atoms with Crippen molar-refractivity contribution in [3.05, 3.63) is 29.1 Å². The largest absolute Gasteiger partial charge is 0.505 e. The molecule has 3 nitrogen and oxygen atoms in total. The summed E-state index contributed by atoms with van der Waals surface area (Å²) < 4.78 is 13.5. The van der Waals surface area contributed by atoms with Crippen LogP contribution in [-0.4, -0.2) is 36.2 Å². The Morgan fingerprint density at radius 2 is 2.06 bits per heavy atom. The fourth-order valence-electron chi connectivity index (χ4n) is 2.74. The fraction of sp³-hybridized carbons (Fsp3) is 0.571. The quantitative estimate of drug-likeness (QED) is 0.865. The zero-order chi connectivity index (χ0) is 13.1. The lowest BCUT2D eigenvalue weighted by atomic mass is 9.96. The molecule has 4 heteroatoms. The standard InChI is InChI=1S/C14H21FN2O/c1-3-12(17-8-6-16-7-9-17)13-10(2)4-5-11(15)14(13)18/h4-5,12,16,18H,3,6-9H2,1-2H3/t12-/m1/s1. The number of piperazine rings is 1. The van der Waals surface area contributed by atoms with Crippen LogP contribution in [0.3, 0.4) is 0 Å². The number of nitrogens with one attached hydrogen (secondary N) is 1. The monoisotopic (exact) mass is 252 g/mol. The normalized spacial score (nSPS) is 18.8. The molecule has 0 aliphatic carbocycles. The van der Waals surface area contributed by atoms with Crippen LogP contribution < -0.4 is 5.32 Å². The molecule has 0 bridgehead atoms. The molecule has 0 saturated carbocycles. The van der Waals surface area contributed by atoms with Crippen molar-refractivity contribution in [2.24, 2.45) is 0 Å². The summed E-state index contributed by atoms with van der Waals surface area (Å²) in [6.07, 6.45) is 0.873. The van der Waals surface area contributed by atoms with E-state index in [2.05, 4.69) is 17.1 Å². The highest BCUT2D eigenvalue weighted by Crippen LogP contribution is 2.35. The number of halogens is 1. The summed E-state index contributed by atoms with van der Waals surface area (Å²) in [6.45, 7) is 7.79. The topological polar surface area (TPSA) is 35.5 Å². The zero-order valence-electron chi connectivity index (χ0n) is 11.0. The molecular weight excluding hydrogens is 231 g/mol. The number of aromatic hydroxyl groups is 1. The van der Waals surface area contributed by atoms with Crippen LogP contribution in [0.1, 0.15) is 30.5 Å². The molecule has 1 atom stereocenters. The maximum atomic E-state index is 13.5. The Hall–Kier alpha value is -1.13. The molecule has 100 valence electrons. The molecule has 1 fully saturated rings. The van der Waals surface area contributed by atoms with Gasteiger partial charge in [-0.3, -0.25) is 4.90 Å². The first-order chi connectivity index (χ1) is 8.65. The second-order valence-corrected chi connectivity index (χ2v) is 4.84. The number of hydrogen-bond donors (Lipinski definition) is 2. The van der Waals surface area contributed by atoms with Crippen molar-refractivity contribution < 1.29 is 9.50 Å². The first kappa shape index (κ1) is 13.3. The number of aryl methyl sites for hydroxylation is 1. The van der Waals surface area contributed by atoms with Gasteiger partial charge in [-0.25, -0.2) is 4.39 Å². The molecule has 1 aliphatic rings. The third kappa shape index (κ3) is 2.49. The van der Waals surface area contributed by atoms with E-state index in [1.165, 1.54) is 6.07 Å². The summed E-state index contributed by atoms with van der Waals surface area (Å²) in [5.41, 5.74) is 1.71. The van der Waals surface area contributed by atoms with E-state index in [0.717, 1.165) is 43.7 Å². The van der Waals surface area contributed by atoms with Gasteiger partial charge >= 0.3 is 0 Å². The number of rotatable bonds is 3. The average Bonchev–Trinajstić information content (AvgIpc) is 2.40. The van der Waals surface area contributed by atoms with Gasteiger partial charge in [0, 0.05) is 37.8 Å². The fourth-order valence-corrected chi connectivity index (χ4v) is 2.74. The van der Waals surface area contributed by atoms with E-state index in [1.807, 2.05) is 6.92 Å². The summed E-state index contributed by atoms with van der Waals surface area (Å²) in [4.78, 5) is 2.32. The van der Waals surface area contributed by atoms with Crippen LogP contribution in [0.4, 0.5) is 4.39 Å². The number of nitrogens with zero attached hydrogens (tertiary/aromatic N) is 1. The van der Waals surface area contributed by atoms with E-state index in [1.54, 1.807) is 6.07 Å². The Morgan fingerprint density at radius 1 is 1.39 bits per heavy atom. The molecule has 1 saturated heterocycles. The third-order valence-corrected chi connectivity index (χ3v) is 3.70. The summed E-state index contributed by atoms with van der Waals surface area (Å²) in [6, 6.07) is 3.18. The first-order valence-electron chi connectivity index (χ1n) is 6.58. The molecule has 0 radical (unpaired) electrons. The zero-order valence-corrected chi connectivity index (χ0v) is 11.0. The lowest BCUT2D eigenvalue weighted by Crippen LogP contribution is -2.45. The molecule has 0 unspecified atom stereocenters. The Kier molecular flexibility index (Phi) is 4.19. The number of benzene rings is 1. The van der Waals surface area contributed by atoms with Gasteiger partial charge in [-0.05, 0) is 25.0 Å². The molecule has 0 amide bonds. The highest BCUT2D eigenvalue weighted by Gasteiger charge is 2.25. The van der Waals surface area contributed by atoms with Crippen molar-refractivity contribution in [1.82, 2.24) is 10.2 Å². The van der Waals surface area contributed by atoms with E-state index in [4.69, 9.17) is 0 Å². The van der Waals surface area contributed by atoms with Gasteiger partial charge in [0.05, 0.1) is 0 Å². The van der Waals surface area contributed by atoms with Gasteiger partial charge in [-0.1, -0.05) is 13.0 Å². The van der Waals surface area contributed by atoms with Crippen molar-refractivity contribution in [2.45, 2.75) is 26.3 Å². The van der Waals surface area contributed by atoms with E-state index < -0.39 is 5.82 Å². The Morgan fingerprint density at radius 3 is 2.67 bits per heavy atom. The Bertz CT molecular complexity index is 417. The van der Waals surface area contributed by atoms with Crippen LogP contribution in [-0.2, 0) is 0 Å². The smallest absolute Gasteiger partial charge is 0.165 e. The van der Waals surface area contributed by atoms with E-state index in [9.17, 15) is 9.50 Å². The molecule has 2 rings (SSSR count). The Labute approximate surface area is 108 Å². The van der Waals surface area contributed by atoms with Gasteiger partial charge in [-0.15, -0.1) is 0 Å². The van der Waals surface area contributed by atoms with Gasteiger partial charge in [0.15, 0.2) is 11.6 Å². The Balaban J connectivity index is 2.34. The SMILES string of the molecule is CC[C@H](c1c(C)ccc(F)c1O)N1CCNCC1. The van der Waals surface area contributed by atoms with Crippen molar-refractivity contribution in [1.29, 1.82) is 0 Å². The summed E-state index contributed by atoms with van der Waals surface area (Å²) in [5.74, 6) is -0.704. The predicted octanol–water partition coefficient (Wildman–Crippen LogP) is 2.20. The lowest BCUT2D eigenvalue weighted by Gasteiger charge is -2.35. The van der Waals surface area contributed by atoms with Gasteiger partial charge in [0.1, 0.15) is 0 Å². The first-order valence-corrected chi connectivity index (χ1v) is 6.58. The maximum absolute atomic E-state index is 13.5. The van der Waals surface area contributed by atoms with Gasteiger partial charge in [-0.2, -0.15) is 0 Å². The minimum atomic E-state index is -0.524. The minimum absolute atomic E-state index is 0.0998. The average molecular weight is 252 g/mol. The molecule has 0 aromatic heterocycles. The molecule has 1 aromatic rings. The van der Waals surface area contributed by atoms with E-state index in [0.29, 0.717) is 0 Å². The van der Waals surface area contributed by atoms with Gasteiger partial charge in [0.2, 0.25) is 0 Å². The van der Waals surface area contributed by atoms with Crippen molar-refractivity contribution >= 4 is 0 Å². The van der Waals surface area contributed by atoms with Crippen LogP contribution in [0.2, 0.25) is 0 Å². The number of phenolic OH excluding ortho intramolecular Hbond substituents is 1. The van der Waals surface area contributed by atoms with Crippen molar-refractivity contribution in [2.75, 3.05) is 26.2 Å². The molecular formula is C14H21FN2O. The second-order valence-electron chi connectivity index (χ2n) is 4.84. The van der Waals surface area contributed by atoms with Crippen LogP contribution in [0.15, 0.2) is 12.1 Å². The lowest BCUT2D eigenvalue weighted by molar-refractivity contribution is 0.165. The second kappa shape index (κ2) is 5.67. The summed E-state index contributed by atoms with van der Waals surface area (Å²) in [5, 5.41) is 13.3. The molecule has 18 heavy (non-hydrogen) atoms. The van der Waals surface area contributed by atoms with Gasteiger partial charge in [0.25, 0.3) is 0 Å². The molecule has 2 N–H and O–H groups in total. The van der Waals surface area contributed by atoms with E-state index in [-0.39, 0.29) is 11.8 Å². The predicted molar refractivity (Wildman–Crippen MR) is 70.3 cm³/mol.